The molecule has 0 radical (unpaired) electrons. The van der Waals surface area contributed by atoms with E-state index < -0.39 is 5.41 Å². The SMILES string of the molecule is CCC1(C)C(=O)Nc2c(Cc3ccccc3)cc(N)cc21. The lowest BCUT2D eigenvalue weighted by Crippen LogP contribution is -2.29. The van der Waals surface area contributed by atoms with Gasteiger partial charge in [0, 0.05) is 11.4 Å². The molecular weight excluding hydrogens is 260 g/mol. The Morgan fingerprint density at radius 2 is 1.90 bits per heavy atom. The molecule has 0 aromatic heterocycles. The van der Waals surface area contributed by atoms with Gasteiger partial charge in [-0.3, -0.25) is 4.79 Å². The predicted molar refractivity (Wildman–Crippen MR) is 86.4 cm³/mol. The number of carbonyl (C=O) groups is 1. The third-order valence-electron chi connectivity index (χ3n) is 4.52. The summed E-state index contributed by atoms with van der Waals surface area (Å²) in [6, 6.07) is 14.1. The molecule has 21 heavy (non-hydrogen) atoms. The highest BCUT2D eigenvalue weighted by Crippen LogP contribution is 2.43. The molecule has 1 unspecified atom stereocenters. The Hall–Kier alpha value is -2.29. The molecule has 2 aromatic rings. The number of hydrogen-bond donors (Lipinski definition) is 2. The Labute approximate surface area is 125 Å². The van der Waals surface area contributed by atoms with E-state index in [9.17, 15) is 4.79 Å². The molecule has 1 aliphatic rings. The van der Waals surface area contributed by atoms with Gasteiger partial charge in [-0.25, -0.2) is 0 Å². The smallest absolute Gasteiger partial charge is 0.234 e. The molecule has 1 atom stereocenters. The lowest BCUT2D eigenvalue weighted by atomic mass is 9.80. The van der Waals surface area contributed by atoms with Crippen LogP contribution in [0.1, 0.15) is 37.0 Å². The third-order valence-corrected chi connectivity index (χ3v) is 4.52. The standard InChI is InChI=1S/C18H20N2O/c1-3-18(2)15-11-14(19)10-13(16(15)20-17(18)21)9-12-7-5-4-6-8-12/h4-8,10-11H,3,9,19H2,1-2H3,(H,20,21). The summed E-state index contributed by atoms with van der Waals surface area (Å²) in [7, 11) is 0. The van der Waals surface area contributed by atoms with Crippen molar-refractivity contribution in [2.75, 3.05) is 11.1 Å². The second-order valence-corrected chi connectivity index (χ2v) is 5.90. The van der Waals surface area contributed by atoms with Crippen LogP contribution in [0.25, 0.3) is 0 Å². The molecule has 0 saturated heterocycles. The zero-order valence-electron chi connectivity index (χ0n) is 12.4. The van der Waals surface area contributed by atoms with Crippen molar-refractivity contribution in [1.82, 2.24) is 0 Å². The van der Waals surface area contributed by atoms with Crippen molar-refractivity contribution in [3.63, 3.8) is 0 Å². The molecule has 0 bridgehead atoms. The van der Waals surface area contributed by atoms with Crippen LogP contribution < -0.4 is 11.1 Å². The van der Waals surface area contributed by atoms with Crippen LogP contribution >= 0.6 is 0 Å². The summed E-state index contributed by atoms with van der Waals surface area (Å²) < 4.78 is 0. The van der Waals surface area contributed by atoms with E-state index in [4.69, 9.17) is 5.73 Å². The summed E-state index contributed by atoms with van der Waals surface area (Å²) >= 11 is 0. The van der Waals surface area contributed by atoms with Gasteiger partial charge in [0.05, 0.1) is 5.41 Å². The quantitative estimate of drug-likeness (QED) is 0.846. The summed E-state index contributed by atoms with van der Waals surface area (Å²) in [6.07, 6.45) is 1.54. The maximum atomic E-state index is 12.3. The Morgan fingerprint density at radius 1 is 1.19 bits per heavy atom. The number of anilines is 2. The second kappa shape index (κ2) is 4.92. The molecule has 3 nitrogen and oxygen atoms in total. The average Bonchev–Trinajstić information content (AvgIpc) is 2.73. The van der Waals surface area contributed by atoms with E-state index in [1.807, 2.05) is 44.2 Å². The number of rotatable bonds is 3. The molecule has 0 spiro atoms. The first kappa shape index (κ1) is 13.7. The zero-order valence-corrected chi connectivity index (χ0v) is 12.4. The van der Waals surface area contributed by atoms with Crippen LogP contribution in [0.5, 0.6) is 0 Å². The number of hydrogen-bond acceptors (Lipinski definition) is 2. The van der Waals surface area contributed by atoms with Crippen molar-refractivity contribution in [3.05, 3.63) is 59.2 Å². The normalized spacial score (nSPS) is 20.2. The fourth-order valence-corrected chi connectivity index (χ4v) is 2.99. The largest absolute Gasteiger partial charge is 0.399 e. The summed E-state index contributed by atoms with van der Waals surface area (Å²) in [5.41, 5.74) is 10.6. The van der Waals surface area contributed by atoms with Crippen molar-refractivity contribution in [1.29, 1.82) is 0 Å². The first-order valence-corrected chi connectivity index (χ1v) is 7.33. The minimum absolute atomic E-state index is 0.0694. The van der Waals surface area contributed by atoms with Gasteiger partial charge in [-0.15, -0.1) is 0 Å². The maximum Gasteiger partial charge on any atom is 0.234 e. The first-order chi connectivity index (χ1) is 10.0. The number of nitrogens with one attached hydrogen (secondary N) is 1. The van der Waals surface area contributed by atoms with Crippen LogP contribution in [-0.4, -0.2) is 5.91 Å². The molecule has 1 aliphatic heterocycles. The van der Waals surface area contributed by atoms with E-state index in [1.54, 1.807) is 0 Å². The van der Waals surface area contributed by atoms with E-state index >= 15 is 0 Å². The molecule has 3 heteroatoms. The number of amides is 1. The van der Waals surface area contributed by atoms with E-state index in [0.29, 0.717) is 0 Å². The van der Waals surface area contributed by atoms with Crippen molar-refractivity contribution in [2.24, 2.45) is 0 Å². The summed E-state index contributed by atoms with van der Waals surface area (Å²) in [5.74, 6) is 0.0694. The van der Waals surface area contributed by atoms with Crippen LogP contribution in [0, 0.1) is 0 Å². The van der Waals surface area contributed by atoms with Crippen LogP contribution in [-0.2, 0) is 16.6 Å². The summed E-state index contributed by atoms with van der Waals surface area (Å²) in [4.78, 5) is 12.3. The van der Waals surface area contributed by atoms with Gasteiger partial charge in [0.25, 0.3) is 0 Å². The first-order valence-electron chi connectivity index (χ1n) is 7.33. The van der Waals surface area contributed by atoms with Gasteiger partial charge in [-0.2, -0.15) is 0 Å². The fourth-order valence-electron chi connectivity index (χ4n) is 2.99. The van der Waals surface area contributed by atoms with Crippen LogP contribution in [0.15, 0.2) is 42.5 Å². The highest BCUT2D eigenvalue weighted by Gasteiger charge is 2.42. The Balaban J connectivity index is 2.09. The highest BCUT2D eigenvalue weighted by molar-refractivity contribution is 6.07. The molecule has 108 valence electrons. The Morgan fingerprint density at radius 3 is 2.57 bits per heavy atom. The molecule has 1 heterocycles. The van der Waals surface area contributed by atoms with Crippen molar-refractivity contribution < 1.29 is 4.79 Å². The molecule has 3 N–H and O–H groups in total. The molecular formula is C18H20N2O. The lowest BCUT2D eigenvalue weighted by molar-refractivity contribution is -0.120. The van der Waals surface area contributed by atoms with Gasteiger partial charge in [0.15, 0.2) is 0 Å². The number of benzene rings is 2. The Kier molecular flexibility index (Phi) is 3.20. The molecule has 0 aliphatic carbocycles. The van der Waals surface area contributed by atoms with Crippen molar-refractivity contribution in [3.8, 4) is 0 Å². The van der Waals surface area contributed by atoms with Gasteiger partial charge in [0.1, 0.15) is 0 Å². The van der Waals surface area contributed by atoms with E-state index in [1.165, 1.54) is 5.56 Å². The minimum atomic E-state index is -0.476. The average molecular weight is 280 g/mol. The zero-order chi connectivity index (χ0) is 15.0. The van der Waals surface area contributed by atoms with E-state index in [2.05, 4.69) is 17.4 Å². The minimum Gasteiger partial charge on any atom is -0.399 e. The summed E-state index contributed by atoms with van der Waals surface area (Å²) in [5, 5.41) is 3.06. The van der Waals surface area contributed by atoms with Crippen molar-refractivity contribution >= 4 is 17.3 Å². The van der Waals surface area contributed by atoms with Gasteiger partial charge in [-0.1, -0.05) is 37.3 Å². The van der Waals surface area contributed by atoms with Crippen LogP contribution in [0.3, 0.4) is 0 Å². The molecule has 2 aromatic carbocycles. The predicted octanol–water partition coefficient (Wildman–Crippen LogP) is 3.48. The van der Waals surface area contributed by atoms with Crippen LogP contribution in [0.4, 0.5) is 11.4 Å². The number of nitrogens with two attached hydrogens (primary N) is 1. The Bertz CT molecular complexity index is 694. The lowest BCUT2D eigenvalue weighted by Gasteiger charge is -2.20. The second-order valence-electron chi connectivity index (χ2n) is 5.90. The number of fused-ring (bicyclic) bond motifs is 1. The number of nitrogen functional groups attached to an aromatic ring is 1. The molecule has 0 saturated carbocycles. The monoisotopic (exact) mass is 280 g/mol. The maximum absolute atomic E-state index is 12.3. The topological polar surface area (TPSA) is 55.1 Å². The van der Waals surface area contributed by atoms with Gasteiger partial charge in [-0.05, 0) is 48.6 Å². The molecule has 1 amide bonds. The van der Waals surface area contributed by atoms with Gasteiger partial charge < -0.3 is 11.1 Å². The third kappa shape index (κ3) is 2.19. The van der Waals surface area contributed by atoms with Crippen LogP contribution in [0.2, 0.25) is 0 Å². The van der Waals surface area contributed by atoms with E-state index in [0.717, 1.165) is 35.3 Å². The van der Waals surface area contributed by atoms with Gasteiger partial charge >= 0.3 is 0 Å². The van der Waals surface area contributed by atoms with Crippen molar-refractivity contribution in [2.45, 2.75) is 32.1 Å². The highest BCUT2D eigenvalue weighted by atomic mass is 16.2. The number of carbonyl (C=O) groups excluding carboxylic acids is 1. The summed E-state index contributed by atoms with van der Waals surface area (Å²) in [6.45, 7) is 4.02. The molecule has 0 fully saturated rings. The van der Waals surface area contributed by atoms with Gasteiger partial charge in [0.2, 0.25) is 5.91 Å². The van der Waals surface area contributed by atoms with E-state index in [-0.39, 0.29) is 5.91 Å². The fraction of sp³-hybridized carbons (Fsp3) is 0.278. The molecule has 3 rings (SSSR count).